The number of carbonyl (C=O) groups excluding carboxylic acids is 1. The third-order valence-electron chi connectivity index (χ3n) is 5.63. The minimum atomic E-state index is -0.106. The van der Waals surface area contributed by atoms with Crippen molar-refractivity contribution in [2.24, 2.45) is 11.7 Å². The Morgan fingerprint density at radius 1 is 1.04 bits per heavy atom. The first-order chi connectivity index (χ1) is 12.4. The summed E-state index contributed by atoms with van der Waals surface area (Å²) in [6.07, 6.45) is 0.316. The second kappa shape index (κ2) is 10.8. The van der Waals surface area contributed by atoms with Crippen LogP contribution in [0.15, 0.2) is 30.3 Å². The molecular formula is C21H35Cl2N3O2. The highest BCUT2D eigenvalue weighted by Gasteiger charge is 2.40. The number of carbonyl (C=O) groups is 1. The van der Waals surface area contributed by atoms with Crippen molar-refractivity contribution < 1.29 is 9.53 Å². The van der Waals surface area contributed by atoms with E-state index in [9.17, 15) is 4.79 Å². The van der Waals surface area contributed by atoms with Crippen molar-refractivity contribution in [2.75, 3.05) is 26.2 Å². The Kier molecular flexibility index (Phi) is 9.71. The fourth-order valence-electron chi connectivity index (χ4n) is 4.56. The average molecular weight is 432 g/mol. The summed E-state index contributed by atoms with van der Waals surface area (Å²) in [6, 6.07) is 10.2. The molecule has 0 saturated carbocycles. The van der Waals surface area contributed by atoms with E-state index in [1.807, 2.05) is 23.1 Å². The molecular weight excluding hydrogens is 397 g/mol. The van der Waals surface area contributed by atoms with Gasteiger partial charge in [0.25, 0.3) is 0 Å². The van der Waals surface area contributed by atoms with E-state index in [1.165, 1.54) is 5.56 Å². The highest BCUT2D eigenvalue weighted by molar-refractivity contribution is 5.85. The predicted molar refractivity (Wildman–Crippen MR) is 118 cm³/mol. The largest absolute Gasteiger partial charge is 0.373 e. The number of likely N-dealkylation sites (tertiary alicyclic amines) is 1. The van der Waals surface area contributed by atoms with Gasteiger partial charge in [0.2, 0.25) is 5.91 Å². The zero-order valence-electron chi connectivity index (χ0n) is 17.3. The molecule has 2 fully saturated rings. The Labute approximate surface area is 181 Å². The van der Waals surface area contributed by atoms with E-state index in [1.54, 1.807) is 0 Å². The van der Waals surface area contributed by atoms with Crippen LogP contribution in [0.5, 0.6) is 0 Å². The van der Waals surface area contributed by atoms with Crippen LogP contribution in [0.1, 0.15) is 39.2 Å². The van der Waals surface area contributed by atoms with E-state index in [-0.39, 0.29) is 66.8 Å². The zero-order chi connectivity index (χ0) is 18.8. The van der Waals surface area contributed by atoms with E-state index in [0.717, 1.165) is 13.1 Å². The molecule has 28 heavy (non-hydrogen) atoms. The highest BCUT2D eigenvalue weighted by Crippen LogP contribution is 2.29. The van der Waals surface area contributed by atoms with Gasteiger partial charge in [-0.15, -0.1) is 24.8 Å². The molecule has 3 unspecified atom stereocenters. The highest BCUT2D eigenvalue weighted by atomic mass is 35.5. The zero-order valence-corrected chi connectivity index (χ0v) is 18.9. The molecule has 0 bridgehead atoms. The van der Waals surface area contributed by atoms with E-state index in [2.05, 4.69) is 44.7 Å². The summed E-state index contributed by atoms with van der Waals surface area (Å²) in [6.45, 7) is 11.4. The molecule has 0 aromatic heterocycles. The standard InChI is InChI=1S/C21H33N3O2.2ClH/c1-14(2)20(23-10-15(3)26-16(4)11-23)21(25)24-12-18(19(22)13-24)17-8-6-5-7-9-17;;/h5-9,14-16,18-20H,10-13,22H2,1-4H3;2*1H/t15?,16?,18-,19+,20?;;/m0../s1. The first-order valence-corrected chi connectivity index (χ1v) is 9.85. The van der Waals surface area contributed by atoms with Crippen LogP contribution in [0.2, 0.25) is 0 Å². The summed E-state index contributed by atoms with van der Waals surface area (Å²) in [7, 11) is 0. The van der Waals surface area contributed by atoms with Crippen molar-refractivity contribution in [3.63, 3.8) is 0 Å². The Morgan fingerprint density at radius 2 is 1.61 bits per heavy atom. The number of halogens is 2. The number of rotatable bonds is 4. The van der Waals surface area contributed by atoms with Gasteiger partial charge in [-0.3, -0.25) is 9.69 Å². The topological polar surface area (TPSA) is 58.8 Å². The lowest BCUT2D eigenvalue weighted by Gasteiger charge is -2.42. The van der Waals surface area contributed by atoms with Gasteiger partial charge in [0, 0.05) is 38.1 Å². The number of nitrogens with two attached hydrogens (primary N) is 1. The van der Waals surface area contributed by atoms with Crippen molar-refractivity contribution in [1.82, 2.24) is 9.80 Å². The fourth-order valence-corrected chi connectivity index (χ4v) is 4.56. The first kappa shape index (κ1) is 25.2. The van der Waals surface area contributed by atoms with Gasteiger partial charge in [-0.05, 0) is 25.3 Å². The van der Waals surface area contributed by atoms with Gasteiger partial charge in [-0.25, -0.2) is 0 Å². The normalized spacial score (nSPS) is 29.1. The van der Waals surface area contributed by atoms with Crippen LogP contribution in [-0.4, -0.2) is 66.2 Å². The van der Waals surface area contributed by atoms with E-state index >= 15 is 0 Å². The summed E-state index contributed by atoms with van der Waals surface area (Å²) >= 11 is 0. The van der Waals surface area contributed by atoms with Crippen molar-refractivity contribution in [1.29, 1.82) is 0 Å². The molecule has 0 spiro atoms. The molecule has 2 aliphatic heterocycles. The summed E-state index contributed by atoms with van der Waals surface area (Å²) in [4.78, 5) is 17.7. The van der Waals surface area contributed by atoms with E-state index in [0.29, 0.717) is 13.1 Å². The lowest BCUT2D eigenvalue weighted by atomic mass is 9.95. The average Bonchev–Trinajstić information content (AvgIpc) is 2.96. The fraction of sp³-hybridized carbons (Fsp3) is 0.667. The maximum absolute atomic E-state index is 13.4. The molecule has 0 radical (unpaired) electrons. The number of hydrogen-bond acceptors (Lipinski definition) is 4. The minimum absolute atomic E-state index is 0. The smallest absolute Gasteiger partial charge is 0.240 e. The Bertz CT molecular complexity index is 607. The minimum Gasteiger partial charge on any atom is -0.373 e. The molecule has 2 saturated heterocycles. The van der Waals surface area contributed by atoms with Gasteiger partial charge in [0.15, 0.2) is 0 Å². The van der Waals surface area contributed by atoms with Gasteiger partial charge in [0.05, 0.1) is 18.2 Å². The molecule has 2 N–H and O–H groups in total. The SMILES string of the molecule is CC1CN(C(C(=O)N2C[C@@H](N)[C@H](c3ccccc3)C2)C(C)C)CC(C)O1.Cl.Cl. The molecule has 2 aliphatic rings. The third-order valence-corrected chi connectivity index (χ3v) is 5.63. The molecule has 1 aromatic carbocycles. The summed E-state index contributed by atoms with van der Waals surface area (Å²) in [5, 5.41) is 0. The molecule has 5 nitrogen and oxygen atoms in total. The summed E-state index contributed by atoms with van der Waals surface area (Å²) in [5.74, 6) is 0.692. The Hall–Kier alpha value is -0.850. The van der Waals surface area contributed by atoms with Crippen molar-refractivity contribution in [2.45, 2.75) is 57.9 Å². The molecule has 7 heteroatoms. The quantitative estimate of drug-likeness (QED) is 0.795. The van der Waals surface area contributed by atoms with Crippen LogP contribution in [0, 0.1) is 5.92 Å². The van der Waals surface area contributed by atoms with Crippen LogP contribution in [0.25, 0.3) is 0 Å². The summed E-state index contributed by atoms with van der Waals surface area (Å²) in [5.41, 5.74) is 7.64. The lowest BCUT2D eigenvalue weighted by molar-refractivity contribution is -0.144. The van der Waals surface area contributed by atoms with Crippen LogP contribution >= 0.6 is 24.8 Å². The second-order valence-electron chi connectivity index (χ2n) is 8.32. The van der Waals surface area contributed by atoms with Crippen LogP contribution in [-0.2, 0) is 9.53 Å². The molecule has 160 valence electrons. The first-order valence-electron chi connectivity index (χ1n) is 9.85. The van der Waals surface area contributed by atoms with Gasteiger partial charge in [0.1, 0.15) is 0 Å². The van der Waals surface area contributed by atoms with E-state index in [4.69, 9.17) is 10.5 Å². The van der Waals surface area contributed by atoms with Gasteiger partial charge < -0.3 is 15.4 Å². The maximum Gasteiger partial charge on any atom is 0.240 e. The number of nitrogens with zero attached hydrogens (tertiary/aromatic N) is 2. The molecule has 1 amide bonds. The van der Waals surface area contributed by atoms with Gasteiger partial charge in [-0.2, -0.15) is 0 Å². The van der Waals surface area contributed by atoms with Crippen molar-refractivity contribution in [3.05, 3.63) is 35.9 Å². The number of benzene rings is 1. The van der Waals surface area contributed by atoms with E-state index < -0.39 is 0 Å². The predicted octanol–water partition coefficient (Wildman–Crippen LogP) is 2.92. The Morgan fingerprint density at radius 3 is 2.14 bits per heavy atom. The number of morpholine rings is 1. The monoisotopic (exact) mass is 431 g/mol. The number of hydrogen-bond donors (Lipinski definition) is 1. The van der Waals surface area contributed by atoms with Crippen LogP contribution in [0.4, 0.5) is 0 Å². The molecule has 3 rings (SSSR count). The third kappa shape index (κ3) is 5.61. The van der Waals surface area contributed by atoms with Gasteiger partial charge >= 0.3 is 0 Å². The van der Waals surface area contributed by atoms with Gasteiger partial charge in [-0.1, -0.05) is 44.2 Å². The lowest BCUT2D eigenvalue weighted by Crippen LogP contribution is -2.57. The Balaban J connectivity index is 0.00000196. The maximum atomic E-state index is 13.4. The molecule has 1 aromatic rings. The number of amides is 1. The second-order valence-corrected chi connectivity index (χ2v) is 8.32. The van der Waals surface area contributed by atoms with Crippen molar-refractivity contribution >= 4 is 30.7 Å². The molecule has 2 heterocycles. The molecule has 0 aliphatic carbocycles. The summed E-state index contributed by atoms with van der Waals surface area (Å²) < 4.78 is 5.86. The number of ether oxygens (including phenoxy) is 1. The van der Waals surface area contributed by atoms with Crippen molar-refractivity contribution in [3.8, 4) is 0 Å². The molecule has 5 atom stereocenters. The van der Waals surface area contributed by atoms with Crippen LogP contribution in [0.3, 0.4) is 0 Å². The van der Waals surface area contributed by atoms with Crippen LogP contribution < -0.4 is 5.73 Å².